The highest BCUT2D eigenvalue weighted by atomic mass is 19.1. The normalized spacial score (nSPS) is 19.4. The lowest BCUT2D eigenvalue weighted by Gasteiger charge is -2.43. The van der Waals surface area contributed by atoms with Crippen molar-refractivity contribution in [3.63, 3.8) is 0 Å². The Morgan fingerprint density at radius 3 is 2.31 bits per heavy atom. The summed E-state index contributed by atoms with van der Waals surface area (Å²) in [6, 6.07) is 3.15. The maximum atomic E-state index is 13.8. The molecule has 0 atom stereocenters. The standard InChI is InChI=1S/C19H24F2N2O3/c1-13(24)23(16-6-10-26-11-7-16)15-4-8-22(9-5-15)19(25)17-12-14(20)2-3-18(17)21/h2-3,12,15-16H,4-11H2,1H3. The summed E-state index contributed by atoms with van der Waals surface area (Å²) in [5, 5.41) is 0. The maximum absolute atomic E-state index is 13.8. The minimum absolute atomic E-state index is 0.0397. The van der Waals surface area contributed by atoms with Gasteiger partial charge in [-0.1, -0.05) is 0 Å². The highest BCUT2D eigenvalue weighted by molar-refractivity contribution is 5.94. The van der Waals surface area contributed by atoms with Gasteiger partial charge in [-0.05, 0) is 43.9 Å². The first kappa shape index (κ1) is 18.8. The molecule has 2 heterocycles. The highest BCUT2D eigenvalue weighted by Gasteiger charge is 2.34. The number of hydrogen-bond donors (Lipinski definition) is 0. The molecule has 26 heavy (non-hydrogen) atoms. The molecule has 2 aliphatic rings. The summed E-state index contributed by atoms with van der Waals surface area (Å²) < 4.78 is 32.6. The number of amides is 2. The Balaban J connectivity index is 1.65. The third-order valence-corrected chi connectivity index (χ3v) is 5.25. The molecule has 142 valence electrons. The zero-order chi connectivity index (χ0) is 18.7. The molecule has 7 heteroatoms. The Bertz CT molecular complexity index is 669. The number of carbonyl (C=O) groups is 2. The molecule has 2 saturated heterocycles. The van der Waals surface area contributed by atoms with Crippen molar-refractivity contribution in [1.82, 2.24) is 9.80 Å². The van der Waals surface area contributed by atoms with Crippen LogP contribution in [0.15, 0.2) is 18.2 Å². The molecule has 0 saturated carbocycles. The van der Waals surface area contributed by atoms with Crippen LogP contribution in [0.2, 0.25) is 0 Å². The number of halogens is 2. The Labute approximate surface area is 151 Å². The topological polar surface area (TPSA) is 49.9 Å². The van der Waals surface area contributed by atoms with Crippen molar-refractivity contribution in [3.05, 3.63) is 35.4 Å². The van der Waals surface area contributed by atoms with Gasteiger partial charge in [-0.25, -0.2) is 8.78 Å². The first-order chi connectivity index (χ1) is 12.5. The summed E-state index contributed by atoms with van der Waals surface area (Å²) in [6.45, 7) is 3.74. The smallest absolute Gasteiger partial charge is 0.256 e. The average Bonchev–Trinajstić information content (AvgIpc) is 2.64. The van der Waals surface area contributed by atoms with Crippen molar-refractivity contribution in [2.45, 2.75) is 44.7 Å². The van der Waals surface area contributed by atoms with Crippen LogP contribution in [0.1, 0.15) is 43.0 Å². The van der Waals surface area contributed by atoms with E-state index in [1.165, 1.54) is 4.90 Å². The number of carbonyl (C=O) groups excluding carboxylic acids is 2. The lowest BCUT2D eigenvalue weighted by molar-refractivity contribution is -0.137. The fraction of sp³-hybridized carbons (Fsp3) is 0.579. The number of ether oxygens (including phenoxy) is 1. The van der Waals surface area contributed by atoms with Gasteiger partial charge in [-0.2, -0.15) is 0 Å². The van der Waals surface area contributed by atoms with Gasteiger partial charge in [0, 0.05) is 45.3 Å². The van der Waals surface area contributed by atoms with Crippen LogP contribution >= 0.6 is 0 Å². The van der Waals surface area contributed by atoms with E-state index in [0.717, 1.165) is 31.0 Å². The molecule has 0 spiro atoms. The van der Waals surface area contributed by atoms with Crippen molar-refractivity contribution in [2.75, 3.05) is 26.3 Å². The summed E-state index contributed by atoms with van der Waals surface area (Å²) in [4.78, 5) is 28.2. The molecule has 0 aromatic heterocycles. The second kappa shape index (κ2) is 8.12. The van der Waals surface area contributed by atoms with Gasteiger partial charge in [-0.3, -0.25) is 9.59 Å². The summed E-state index contributed by atoms with van der Waals surface area (Å²) in [6.07, 6.45) is 2.93. The number of nitrogens with zero attached hydrogens (tertiary/aromatic N) is 2. The molecule has 0 N–H and O–H groups in total. The van der Waals surface area contributed by atoms with Gasteiger partial charge in [0.15, 0.2) is 0 Å². The highest BCUT2D eigenvalue weighted by Crippen LogP contribution is 2.25. The van der Waals surface area contributed by atoms with Gasteiger partial charge >= 0.3 is 0 Å². The number of piperidine rings is 1. The first-order valence-electron chi connectivity index (χ1n) is 9.08. The maximum Gasteiger partial charge on any atom is 0.256 e. The van der Waals surface area contributed by atoms with Crippen LogP contribution in [-0.2, 0) is 9.53 Å². The van der Waals surface area contributed by atoms with E-state index in [0.29, 0.717) is 39.1 Å². The predicted octanol–water partition coefficient (Wildman–Crippen LogP) is 2.60. The van der Waals surface area contributed by atoms with Crippen molar-refractivity contribution >= 4 is 11.8 Å². The zero-order valence-corrected chi connectivity index (χ0v) is 14.9. The van der Waals surface area contributed by atoms with Crippen LogP contribution < -0.4 is 0 Å². The third kappa shape index (κ3) is 4.03. The second-order valence-electron chi connectivity index (χ2n) is 6.92. The van der Waals surface area contributed by atoms with E-state index in [1.807, 2.05) is 4.90 Å². The molecular formula is C19H24F2N2O3. The lowest BCUT2D eigenvalue weighted by Crippen LogP contribution is -2.53. The second-order valence-corrected chi connectivity index (χ2v) is 6.92. The van der Waals surface area contributed by atoms with Gasteiger partial charge in [0.2, 0.25) is 5.91 Å². The SMILES string of the molecule is CC(=O)N(C1CCOCC1)C1CCN(C(=O)c2cc(F)ccc2F)CC1. The first-order valence-corrected chi connectivity index (χ1v) is 9.08. The number of hydrogen-bond acceptors (Lipinski definition) is 3. The number of likely N-dealkylation sites (tertiary alicyclic amines) is 1. The van der Waals surface area contributed by atoms with Crippen LogP contribution in [0.3, 0.4) is 0 Å². The molecule has 0 bridgehead atoms. The summed E-state index contributed by atoms with van der Waals surface area (Å²) in [5.74, 6) is -1.81. The number of rotatable bonds is 3. The molecule has 1 aromatic rings. The van der Waals surface area contributed by atoms with Gasteiger partial charge in [0.25, 0.3) is 5.91 Å². The summed E-state index contributed by atoms with van der Waals surface area (Å²) >= 11 is 0. The molecule has 3 rings (SSSR count). The van der Waals surface area contributed by atoms with E-state index in [1.54, 1.807) is 6.92 Å². The van der Waals surface area contributed by atoms with Crippen LogP contribution in [0.5, 0.6) is 0 Å². The van der Waals surface area contributed by atoms with E-state index in [2.05, 4.69) is 0 Å². The average molecular weight is 366 g/mol. The van der Waals surface area contributed by atoms with Crippen LogP contribution in [0.4, 0.5) is 8.78 Å². The van der Waals surface area contributed by atoms with E-state index in [-0.39, 0.29) is 23.6 Å². The Hall–Kier alpha value is -2.02. The third-order valence-electron chi connectivity index (χ3n) is 5.25. The van der Waals surface area contributed by atoms with Gasteiger partial charge < -0.3 is 14.5 Å². The Kier molecular flexibility index (Phi) is 5.86. The largest absolute Gasteiger partial charge is 0.381 e. The molecule has 0 radical (unpaired) electrons. The molecule has 1 aromatic carbocycles. The summed E-state index contributed by atoms with van der Waals surface area (Å²) in [7, 11) is 0. The van der Waals surface area contributed by atoms with Crippen molar-refractivity contribution in [2.24, 2.45) is 0 Å². The van der Waals surface area contributed by atoms with Crippen molar-refractivity contribution in [1.29, 1.82) is 0 Å². The minimum Gasteiger partial charge on any atom is -0.381 e. The van der Waals surface area contributed by atoms with E-state index < -0.39 is 17.5 Å². The Morgan fingerprint density at radius 1 is 1.08 bits per heavy atom. The molecule has 2 amide bonds. The van der Waals surface area contributed by atoms with Crippen LogP contribution in [0.25, 0.3) is 0 Å². The van der Waals surface area contributed by atoms with Gasteiger partial charge in [0.1, 0.15) is 11.6 Å². The molecule has 2 aliphatic heterocycles. The quantitative estimate of drug-likeness (QED) is 0.826. The predicted molar refractivity (Wildman–Crippen MR) is 91.6 cm³/mol. The molecular weight excluding hydrogens is 342 g/mol. The Morgan fingerprint density at radius 2 is 1.69 bits per heavy atom. The van der Waals surface area contributed by atoms with E-state index >= 15 is 0 Å². The molecule has 5 nitrogen and oxygen atoms in total. The molecule has 0 aliphatic carbocycles. The van der Waals surface area contributed by atoms with Crippen molar-refractivity contribution in [3.8, 4) is 0 Å². The van der Waals surface area contributed by atoms with E-state index in [9.17, 15) is 18.4 Å². The molecule has 2 fully saturated rings. The fourth-order valence-corrected chi connectivity index (χ4v) is 3.95. The zero-order valence-electron chi connectivity index (χ0n) is 14.9. The van der Waals surface area contributed by atoms with Crippen LogP contribution in [-0.4, -0.2) is 60.0 Å². The van der Waals surface area contributed by atoms with Crippen LogP contribution in [0, 0.1) is 11.6 Å². The summed E-state index contributed by atoms with van der Waals surface area (Å²) in [5.41, 5.74) is -0.240. The number of benzene rings is 1. The molecule has 0 unspecified atom stereocenters. The monoisotopic (exact) mass is 366 g/mol. The minimum atomic E-state index is -0.717. The van der Waals surface area contributed by atoms with Crippen molar-refractivity contribution < 1.29 is 23.1 Å². The van der Waals surface area contributed by atoms with Gasteiger partial charge in [-0.15, -0.1) is 0 Å². The fourth-order valence-electron chi connectivity index (χ4n) is 3.95. The van der Waals surface area contributed by atoms with E-state index in [4.69, 9.17) is 4.74 Å². The lowest BCUT2D eigenvalue weighted by atomic mass is 9.97. The van der Waals surface area contributed by atoms with Gasteiger partial charge in [0.05, 0.1) is 5.56 Å².